The Morgan fingerprint density at radius 1 is 0.651 bits per heavy atom. The topological polar surface area (TPSA) is 83.5 Å². The lowest BCUT2D eigenvalue weighted by Gasteiger charge is -2.21. The molecule has 0 saturated carbocycles. The van der Waals surface area contributed by atoms with Crippen LogP contribution in [0.1, 0.15) is 34.7 Å². The highest BCUT2D eigenvalue weighted by Crippen LogP contribution is 2.56. The molecule has 2 aliphatic rings. The molecule has 0 fully saturated rings. The molecule has 220 valence electrons. The number of phosphoric acid groups is 1. The van der Waals surface area contributed by atoms with Crippen molar-refractivity contribution in [3.05, 3.63) is 101 Å². The van der Waals surface area contributed by atoms with Crippen molar-refractivity contribution in [2.45, 2.75) is 32.9 Å². The van der Waals surface area contributed by atoms with Gasteiger partial charge in [0.15, 0.2) is 11.5 Å². The first-order chi connectivity index (χ1) is 20.8. The smallest absolute Gasteiger partial charge is 0.496 e. The van der Waals surface area contributed by atoms with Crippen LogP contribution in [0.4, 0.5) is 0 Å². The second-order valence-corrected chi connectivity index (χ2v) is 13.1. The molecule has 6 rings (SSSR count). The van der Waals surface area contributed by atoms with Gasteiger partial charge >= 0.3 is 7.82 Å². The van der Waals surface area contributed by atoms with E-state index in [2.05, 4.69) is 6.92 Å². The van der Waals surface area contributed by atoms with Crippen molar-refractivity contribution in [1.82, 2.24) is 0 Å². The largest absolute Gasteiger partial charge is 0.584 e. The van der Waals surface area contributed by atoms with Crippen molar-refractivity contribution < 1.29 is 32.7 Å². The third-order valence-electron chi connectivity index (χ3n) is 7.06. The molecule has 0 bridgehead atoms. The van der Waals surface area contributed by atoms with E-state index in [4.69, 9.17) is 23.3 Å². The summed E-state index contributed by atoms with van der Waals surface area (Å²) in [5.74, 6) is 2.04. The van der Waals surface area contributed by atoms with Crippen molar-refractivity contribution in [3.8, 4) is 17.2 Å². The molecule has 1 unspecified atom stereocenters. The molecule has 10 heteroatoms. The van der Waals surface area contributed by atoms with Gasteiger partial charge in [0.05, 0.1) is 21.3 Å². The van der Waals surface area contributed by atoms with Gasteiger partial charge in [-0.3, -0.25) is 4.89 Å². The van der Waals surface area contributed by atoms with Crippen molar-refractivity contribution >= 4 is 55.0 Å². The Kier molecular flexibility index (Phi) is 8.25. The fraction of sp³-hybridized carbons (Fsp3) is 0.152. The van der Waals surface area contributed by atoms with Crippen LogP contribution in [0.15, 0.2) is 92.4 Å². The highest BCUT2D eigenvalue weighted by atomic mass is 32.2. The van der Waals surface area contributed by atoms with E-state index < -0.39 is 7.82 Å². The molecule has 0 aromatic heterocycles. The van der Waals surface area contributed by atoms with Crippen LogP contribution < -0.4 is 14.2 Å². The van der Waals surface area contributed by atoms with Crippen molar-refractivity contribution in [2.24, 2.45) is 0 Å². The van der Waals surface area contributed by atoms with Gasteiger partial charge in [0.25, 0.3) is 0 Å². The number of hydrogen-bond donors (Lipinski definition) is 1. The number of aryl methyl sites for hydroxylation is 1. The van der Waals surface area contributed by atoms with Crippen LogP contribution in [0.3, 0.4) is 0 Å². The van der Waals surface area contributed by atoms with E-state index in [-0.39, 0.29) is 11.5 Å². The van der Waals surface area contributed by atoms with Gasteiger partial charge in [0.2, 0.25) is 0 Å². The molecule has 0 radical (unpaired) electrons. The second-order valence-electron chi connectivity index (χ2n) is 9.67. The fourth-order valence-electron chi connectivity index (χ4n) is 4.96. The standard InChI is InChI=1S/C33H29O7PS2/c1-5-20-16-32-23(17-25(20)36-2)26(14-21-10-6-8-12-30(21)42-32)39-41(34,35)40-27-15-22-11-7-9-13-31(22)43-33-19-29(38-4)28(37-3)18-24(27)33/h6-19H,5H2,1-4H3,(H,34,35). The molecule has 43 heavy (non-hydrogen) atoms. The van der Waals surface area contributed by atoms with Gasteiger partial charge in [-0.1, -0.05) is 66.8 Å². The fourth-order valence-corrected chi connectivity index (χ4v) is 7.96. The summed E-state index contributed by atoms with van der Waals surface area (Å²) in [6.07, 6.45) is 4.27. The number of hydrogen-bond acceptors (Lipinski definition) is 8. The third-order valence-corrected chi connectivity index (χ3v) is 10.2. The zero-order valence-corrected chi connectivity index (χ0v) is 26.5. The van der Waals surface area contributed by atoms with Gasteiger partial charge < -0.3 is 23.3 Å². The number of rotatable bonds is 8. The quantitative estimate of drug-likeness (QED) is 0.191. The molecule has 0 spiro atoms. The Balaban J connectivity index is 1.44. The first-order valence-corrected chi connectivity index (χ1v) is 16.6. The van der Waals surface area contributed by atoms with Crippen LogP contribution in [0.5, 0.6) is 17.2 Å². The van der Waals surface area contributed by atoms with Crippen LogP contribution >= 0.6 is 31.3 Å². The highest BCUT2D eigenvalue weighted by Gasteiger charge is 2.33. The Bertz CT molecular complexity index is 1700. The molecule has 0 amide bonds. The Labute approximate surface area is 259 Å². The molecule has 4 aromatic rings. The maximum atomic E-state index is 13.9. The summed E-state index contributed by atoms with van der Waals surface area (Å²) < 4.78 is 42.5. The summed E-state index contributed by atoms with van der Waals surface area (Å²) in [6, 6.07) is 23.0. The maximum absolute atomic E-state index is 13.9. The van der Waals surface area contributed by atoms with Crippen molar-refractivity contribution in [1.29, 1.82) is 0 Å². The van der Waals surface area contributed by atoms with Gasteiger partial charge in [-0.05, 0) is 71.7 Å². The molecule has 1 N–H and O–H groups in total. The molecular formula is C33H29O7PS2. The minimum absolute atomic E-state index is 0.169. The van der Waals surface area contributed by atoms with Gasteiger partial charge in [-0.2, -0.15) is 0 Å². The Morgan fingerprint density at radius 3 is 1.63 bits per heavy atom. The predicted molar refractivity (Wildman–Crippen MR) is 171 cm³/mol. The third kappa shape index (κ3) is 5.91. The van der Waals surface area contributed by atoms with Crippen LogP contribution in [0, 0.1) is 0 Å². The molecule has 7 nitrogen and oxygen atoms in total. The summed E-state index contributed by atoms with van der Waals surface area (Å²) in [5, 5.41) is 0. The molecule has 2 heterocycles. The Morgan fingerprint density at radius 2 is 1.12 bits per heavy atom. The van der Waals surface area contributed by atoms with E-state index in [1.54, 1.807) is 44.2 Å². The average molecular weight is 633 g/mol. The van der Waals surface area contributed by atoms with Crippen molar-refractivity contribution in [2.75, 3.05) is 21.3 Å². The summed E-state index contributed by atoms with van der Waals surface area (Å²) in [7, 11) is -0.0416. The lowest BCUT2D eigenvalue weighted by molar-refractivity contribution is 0.264. The van der Waals surface area contributed by atoms with Crippen LogP contribution in [-0.4, -0.2) is 26.2 Å². The van der Waals surface area contributed by atoms with E-state index in [1.807, 2.05) is 66.7 Å². The van der Waals surface area contributed by atoms with E-state index in [0.717, 1.165) is 42.7 Å². The molecular weight excluding hydrogens is 603 g/mol. The minimum Gasteiger partial charge on any atom is -0.496 e. The lowest BCUT2D eigenvalue weighted by Crippen LogP contribution is -2.00. The zero-order valence-electron chi connectivity index (χ0n) is 24.0. The zero-order chi connectivity index (χ0) is 30.1. The summed E-state index contributed by atoms with van der Waals surface area (Å²) in [6.45, 7) is 2.06. The van der Waals surface area contributed by atoms with Crippen LogP contribution in [-0.2, 0) is 20.0 Å². The normalized spacial score (nSPS) is 14.6. The van der Waals surface area contributed by atoms with E-state index in [1.165, 1.54) is 18.9 Å². The van der Waals surface area contributed by atoms with Gasteiger partial charge in [-0.25, -0.2) is 4.57 Å². The second kappa shape index (κ2) is 12.1. The number of methoxy groups -OCH3 is 3. The Hall–Kier alpha value is -3.75. The highest BCUT2D eigenvalue weighted by molar-refractivity contribution is 7.99. The number of ether oxygens (including phenoxy) is 3. The number of fused-ring (bicyclic) bond motifs is 4. The molecule has 4 aromatic carbocycles. The predicted octanol–water partition coefficient (Wildman–Crippen LogP) is 9.03. The number of benzene rings is 4. The summed E-state index contributed by atoms with van der Waals surface area (Å²) in [5.41, 5.74) is 3.92. The van der Waals surface area contributed by atoms with Gasteiger partial charge in [-0.15, -0.1) is 0 Å². The lowest BCUT2D eigenvalue weighted by atomic mass is 10.1. The van der Waals surface area contributed by atoms with E-state index >= 15 is 0 Å². The molecule has 0 saturated heterocycles. The first-order valence-electron chi connectivity index (χ1n) is 13.5. The summed E-state index contributed by atoms with van der Waals surface area (Å²) in [4.78, 5) is 14.9. The minimum atomic E-state index is -4.76. The first kappa shape index (κ1) is 29.3. The van der Waals surface area contributed by atoms with E-state index in [0.29, 0.717) is 28.4 Å². The van der Waals surface area contributed by atoms with Crippen molar-refractivity contribution in [3.63, 3.8) is 0 Å². The average Bonchev–Trinajstić information content (AvgIpc) is 3.25. The van der Waals surface area contributed by atoms with E-state index in [9.17, 15) is 9.46 Å². The maximum Gasteiger partial charge on any atom is 0.584 e. The molecule has 0 aliphatic carbocycles. The SMILES string of the molecule is CCc1cc2c(cc1OC)C(OP(=O)(O)OC1=Cc3ccccc3Sc3cc(OC)c(OC)cc31)=Cc1ccccc1S2. The van der Waals surface area contributed by atoms with Crippen LogP contribution in [0.25, 0.3) is 23.7 Å². The molecule has 2 aliphatic heterocycles. The number of phosphoric ester groups is 1. The monoisotopic (exact) mass is 632 g/mol. The molecule has 1 atom stereocenters. The van der Waals surface area contributed by atoms with Gasteiger partial charge in [0.1, 0.15) is 17.3 Å². The van der Waals surface area contributed by atoms with Gasteiger partial charge in [0, 0.05) is 30.7 Å². The van der Waals surface area contributed by atoms with Crippen LogP contribution in [0.2, 0.25) is 0 Å². The summed E-state index contributed by atoms with van der Waals surface area (Å²) >= 11 is 3.07.